The molecule has 1 heterocycles. The smallest absolute Gasteiger partial charge is 0.241 e. The number of imidazole rings is 1. The van der Waals surface area contributed by atoms with Crippen molar-refractivity contribution >= 4 is 21.6 Å². The van der Waals surface area contributed by atoms with Crippen LogP contribution in [-0.2, 0) is 33.8 Å². The molecule has 3 aromatic carbocycles. The van der Waals surface area contributed by atoms with Gasteiger partial charge in [0.1, 0.15) is 17.5 Å². The Morgan fingerprint density at radius 1 is 1.07 bits per heavy atom. The highest BCUT2D eigenvalue weighted by atomic mass is 32.2. The van der Waals surface area contributed by atoms with Gasteiger partial charge in [0.15, 0.2) is 0 Å². The Balaban J connectivity index is 1.48. The van der Waals surface area contributed by atoms with Crippen molar-refractivity contribution in [3.05, 3.63) is 113 Å². The Hall–Kier alpha value is -3.89. The molecule has 220 valence electrons. The summed E-state index contributed by atoms with van der Waals surface area (Å²) in [6.07, 6.45) is 4.18. The van der Waals surface area contributed by atoms with Gasteiger partial charge in [-0.15, -0.1) is 0 Å². The van der Waals surface area contributed by atoms with E-state index < -0.39 is 21.9 Å². The third kappa shape index (κ3) is 6.15. The first-order chi connectivity index (χ1) is 19.8. The van der Waals surface area contributed by atoms with E-state index in [2.05, 4.69) is 23.6 Å². The first-order valence-corrected chi connectivity index (χ1v) is 15.3. The molecule has 7 nitrogen and oxygen atoms in total. The Morgan fingerprint density at radius 2 is 1.71 bits per heavy atom. The number of amides is 1. The molecule has 0 unspecified atom stereocenters. The van der Waals surface area contributed by atoms with Gasteiger partial charge in [0, 0.05) is 37.6 Å². The zero-order valence-corrected chi connectivity index (χ0v) is 24.8. The molecule has 1 N–H and O–H groups in total. The molecule has 0 aliphatic heterocycles. The molecule has 0 fully saturated rings. The van der Waals surface area contributed by atoms with Gasteiger partial charge in [-0.1, -0.05) is 39.0 Å². The molecule has 0 bridgehead atoms. The van der Waals surface area contributed by atoms with Crippen molar-refractivity contribution in [2.45, 2.75) is 62.4 Å². The van der Waals surface area contributed by atoms with E-state index in [0.717, 1.165) is 28.8 Å². The van der Waals surface area contributed by atoms with Crippen molar-refractivity contribution < 1.29 is 22.0 Å². The number of hydrogen-bond donors (Lipinski definition) is 1. The highest BCUT2D eigenvalue weighted by Gasteiger charge is 2.39. The van der Waals surface area contributed by atoms with Crippen LogP contribution in [0.25, 0.3) is 0 Å². The minimum atomic E-state index is -3.94. The lowest BCUT2D eigenvalue weighted by molar-refractivity contribution is -0.119. The van der Waals surface area contributed by atoms with E-state index in [1.807, 2.05) is 42.9 Å². The summed E-state index contributed by atoms with van der Waals surface area (Å²) in [7, 11) is -2.08. The van der Waals surface area contributed by atoms with Crippen LogP contribution in [0.4, 0.5) is 14.5 Å². The SMILES string of the molecule is C[C@@H](CC(=O)N(Cc1nccn1C)c1ccc2c(c1)[C@@H](NS(=O)(=O)c1ccc(F)cc1)CC2(C)C)c1ccc(F)cc1. The maximum Gasteiger partial charge on any atom is 0.241 e. The number of fused-ring (bicyclic) bond motifs is 1. The molecule has 1 aliphatic rings. The van der Waals surface area contributed by atoms with Crippen molar-refractivity contribution in [2.75, 3.05) is 4.90 Å². The number of anilines is 1. The average molecular weight is 593 g/mol. The number of sulfonamides is 1. The van der Waals surface area contributed by atoms with E-state index in [1.54, 1.807) is 23.2 Å². The van der Waals surface area contributed by atoms with E-state index in [4.69, 9.17) is 0 Å². The number of rotatable bonds is 9. The quantitative estimate of drug-likeness (QED) is 0.254. The van der Waals surface area contributed by atoms with Crippen molar-refractivity contribution in [1.29, 1.82) is 0 Å². The fourth-order valence-electron chi connectivity index (χ4n) is 5.62. The summed E-state index contributed by atoms with van der Waals surface area (Å²) in [6, 6.07) is 16.0. The van der Waals surface area contributed by atoms with Gasteiger partial charge in [-0.05, 0) is 83.0 Å². The van der Waals surface area contributed by atoms with Crippen LogP contribution in [0.1, 0.15) is 68.1 Å². The lowest BCUT2D eigenvalue weighted by Crippen LogP contribution is -2.32. The molecular weight excluding hydrogens is 558 g/mol. The Morgan fingerprint density at radius 3 is 2.33 bits per heavy atom. The largest absolute Gasteiger partial charge is 0.337 e. The molecule has 1 aromatic heterocycles. The molecule has 1 amide bonds. The predicted molar refractivity (Wildman–Crippen MR) is 157 cm³/mol. The molecule has 42 heavy (non-hydrogen) atoms. The van der Waals surface area contributed by atoms with Crippen molar-refractivity contribution in [2.24, 2.45) is 7.05 Å². The van der Waals surface area contributed by atoms with Crippen molar-refractivity contribution in [3.63, 3.8) is 0 Å². The number of aromatic nitrogens is 2. The van der Waals surface area contributed by atoms with Crippen LogP contribution < -0.4 is 9.62 Å². The van der Waals surface area contributed by atoms with Gasteiger partial charge in [0.05, 0.1) is 11.4 Å². The van der Waals surface area contributed by atoms with Crippen LogP contribution in [0, 0.1) is 11.6 Å². The number of halogens is 2. The maximum absolute atomic E-state index is 13.9. The predicted octanol–water partition coefficient (Wildman–Crippen LogP) is 6.13. The zero-order chi connectivity index (χ0) is 30.2. The van der Waals surface area contributed by atoms with Crippen LogP contribution in [0.5, 0.6) is 0 Å². The molecule has 0 radical (unpaired) electrons. The monoisotopic (exact) mass is 592 g/mol. The van der Waals surface area contributed by atoms with Crippen LogP contribution in [0.15, 0.2) is 84.0 Å². The van der Waals surface area contributed by atoms with Crippen LogP contribution in [0.2, 0.25) is 0 Å². The molecule has 2 atom stereocenters. The van der Waals surface area contributed by atoms with Gasteiger partial charge in [-0.2, -0.15) is 0 Å². The first-order valence-electron chi connectivity index (χ1n) is 13.8. The topological polar surface area (TPSA) is 84.3 Å². The van der Waals surface area contributed by atoms with E-state index in [-0.39, 0.29) is 40.9 Å². The lowest BCUT2D eigenvalue weighted by Gasteiger charge is -2.26. The van der Waals surface area contributed by atoms with E-state index in [1.165, 1.54) is 24.3 Å². The zero-order valence-electron chi connectivity index (χ0n) is 24.0. The fraction of sp³-hybridized carbons (Fsp3) is 0.312. The summed E-state index contributed by atoms with van der Waals surface area (Å²) in [5.41, 5.74) is 2.93. The summed E-state index contributed by atoms with van der Waals surface area (Å²) in [5, 5.41) is 0. The second kappa shape index (κ2) is 11.4. The van der Waals surface area contributed by atoms with Gasteiger partial charge in [-0.3, -0.25) is 4.79 Å². The molecule has 4 aromatic rings. The molecule has 0 saturated heterocycles. The van der Waals surface area contributed by atoms with E-state index >= 15 is 0 Å². The number of hydrogen-bond acceptors (Lipinski definition) is 4. The van der Waals surface area contributed by atoms with Crippen molar-refractivity contribution in [3.8, 4) is 0 Å². The number of nitrogens with one attached hydrogen (secondary N) is 1. The molecule has 0 saturated carbocycles. The molecule has 5 rings (SSSR count). The Bertz CT molecular complexity index is 1700. The number of carbonyl (C=O) groups excluding carboxylic acids is 1. The normalized spacial score (nSPS) is 16.7. The maximum atomic E-state index is 13.9. The van der Waals surface area contributed by atoms with Gasteiger partial charge < -0.3 is 9.47 Å². The summed E-state index contributed by atoms with van der Waals surface area (Å²) >= 11 is 0. The number of benzene rings is 3. The first kappa shape index (κ1) is 29.6. The Kier molecular flexibility index (Phi) is 8.04. The van der Waals surface area contributed by atoms with Crippen LogP contribution in [-0.4, -0.2) is 23.9 Å². The summed E-state index contributed by atoms with van der Waals surface area (Å²) in [4.78, 5) is 19.9. The average Bonchev–Trinajstić information content (AvgIpc) is 3.45. The van der Waals surface area contributed by atoms with Gasteiger partial charge in [0.25, 0.3) is 0 Å². The molecular formula is C32H34F2N4O3S. The summed E-state index contributed by atoms with van der Waals surface area (Å²) < 4.78 is 58.1. The second-order valence-corrected chi connectivity index (χ2v) is 13.3. The second-order valence-electron chi connectivity index (χ2n) is 11.6. The van der Waals surface area contributed by atoms with Crippen LogP contribution in [0.3, 0.4) is 0 Å². The third-order valence-corrected chi connectivity index (χ3v) is 9.52. The minimum Gasteiger partial charge on any atom is -0.337 e. The van der Waals surface area contributed by atoms with E-state index in [9.17, 15) is 22.0 Å². The molecule has 0 spiro atoms. The highest BCUT2D eigenvalue weighted by Crippen LogP contribution is 2.46. The summed E-state index contributed by atoms with van der Waals surface area (Å²) in [6.45, 7) is 6.25. The minimum absolute atomic E-state index is 0.0207. The van der Waals surface area contributed by atoms with Crippen molar-refractivity contribution in [1.82, 2.24) is 14.3 Å². The van der Waals surface area contributed by atoms with Gasteiger partial charge in [0.2, 0.25) is 15.9 Å². The van der Waals surface area contributed by atoms with Gasteiger partial charge >= 0.3 is 0 Å². The lowest BCUT2D eigenvalue weighted by atomic mass is 9.86. The number of carbonyl (C=O) groups is 1. The fourth-order valence-corrected chi connectivity index (χ4v) is 6.84. The number of aryl methyl sites for hydroxylation is 1. The van der Waals surface area contributed by atoms with Crippen LogP contribution >= 0.6 is 0 Å². The molecule has 1 aliphatic carbocycles. The summed E-state index contributed by atoms with van der Waals surface area (Å²) in [5.74, 6) is -0.468. The molecule has 10 heteroatoms. The standard InChI is InChI=1S/C32H34F2N4O3S/c1-21(22-5-7-23(33)8-6-22)17-31(39)38(20-30-35-15-16-37(30)4)25-11-14-28-27(18-25)29(19-32(28,2)3)36-42(40,41)26-12-9-24(34)10-13-26/h5-16,18,21,29,36H,17,19-20H2,1-4H3/t21-,29-/m0/s1. The van der Waals surface area contributed by atoms with E-state index in [0.29, 0.717) is 17.9 Å². The number of nitrogens with zero attached hydrogens (tertiary/aromatic N) is 3. The highest BCUT2D eigenvalue weighted by molar-refractivity contribution is 7.89. The third-order valence-electron chi connectivity index (χ3n) is 8.03. The van der Waals surface area contributed by atoms with Gasteiger partial charge in [-0.25, -0.2) is 26.9 Å². The Labute approximate surface area is 245 Å².